The SMILES string of the molecule is Cc1nccc(N2CCC(CNC(=O)c3ccco3)CC2)n1.O=CO. The van der Waals surface area contributed by atoms with Crippen LogP contribution in [0.2, 0.25) is 0 Å². The number of carbonyl (C=O) groups excluding carboxylic acids is 1. The van der Waals surface area contributed by atoms with Crippen LogP contribution in [0.15, 0.2) is 35.1 Å². The van der Waals surface area contributed by atoms with Gasteiger partial charge in [-0.05, 0) is 43.9 Å². The molecule has 3 rings (SSSR count). The van der Waals surface area contributed by atoms with Crippen molar-refractivity contribution in [1.29, 1.82) is 0 Å². The summed E-state index contributed by atoms with van der Waals surface area (Å²) in [6.45, 7) is 4.26. The van der Waals surface area contributed by atoms with Gasteiger partial charge in [0, 0.05) is 25.8 Å². The second kappa shape index (κ2) is 9.41. The maximum absolute atomic E-state index is 11.8. The Hall–Kier alpha value is -2.90. The van der Waals surface area contributed by atoms with E-state index in [1.807, 2.05) is 13.0 Å². The predicted molar refractivity (Wildman–Crippen MR) is 91.4 cm³/mol. The Balaban J connectivity index is 0.000000701. The zero-order chi connectivity index (χ0) is 18.1. The first-order chi connectivity index (χ1) is 12.1. The van der Waals surface area contributed by atoms with Crippen molar-refractivity contribution in [2.75, 3.05) is 24.5 Å². The van der Waals surface area contributed by atoms with Crippen LogP contribution in [0.5, 0.6) is 0 Å². The Bertz CT molecular complexity index is 667. The molecule has 0 bridgehead atoms. The van der Waals surface area contributed by atoms with E-state index in [0.29, 0.717) is 18.2 Å². The standard InChI is InChI=1S/C16H20N4O2.CH2O2/c1-12-17-7-4-15(19-12)20-8-5-13(6-9-20)11-18-16(21)14-3-2-10-22-14;2-1-3/h2-4,7,10,13H,5-6,8-9,11H2,1H3,(H,18,21);1H,(H,2,3). The van der Waals surface area contributed by atoms with Crippen LogP contribution in [-0.4, -0.2) is 47.1 Å². The molecule has 0 radical (unpaired) electrons. The lowest BCUT2D eigenvalue weighted by molar-refractivity contribution is -0.122. The molecular weight excluding hydrogens is 324 g/mol. The molecule has 2 aromatic heterocycles. The molecule has 1 aliphatic heterocycles. The van der Waals surface area contributed by atoms with Crippen molar-refractivity contribution in [3.8, 4) is 0 Å². The molecule has 134 valence electrons. The molecular formula is C17H22N4O4. The number of hydrogen-bond donors (Lipinski definition) is 2. The lowest BCUT2D eigenvalue weighted by Gasteiger charge is -2.32. The van der Waals surface area contributed by atoms with Crippen LogP contribution in [0.4, 0.5) is 5.82 Å². The quantitative estimate of drug-likeness (QED) is 0.811. The molecule has 0 aromatic carbocycles. The number of aromatic nitrogens is 2. The van der Waals surface area contributed by atoms with Crippen LogP contribution >= 0.6 is 0 Å². The van der Waals surface area contributed by atoms with Crippen molar-refractivity contribution in [1.82, 2.24) is 15.3 Å². The fourth-order valence-corrected chi connectivity index (χ4v) is 2.72. The van der Waals surface area contributed by atoms with Crippen LogP contribution in [-0.2, 0) is 4.79 Å². The Morgan fingerprint density at radius 2 is 2.16 bits per heavy atom. The largest absolute Gasteiger partial charge is 0.483 e. The number of furan rings is 1. The topological polar surface area (TPSA) is 109 Å². The lowest BCUT2D eigenvalue weighted by Crippen LogP contribution is -2.39. The third kappa shape index (κ3) is 5.59. The molecule has 1 amide bonds. The zero-order valence-corrected chi connectivity index (χ0v) is 14.1. The number of carboxylic acid groups (broad SMARTS) is 1. The molecule has 1 aliphatic rings. The number of nitrogens with one attached hydrogen (secondary N) is 1. The van der Waals surface area contributed by atoms with Crippen molar-refractivity contribution < 1.29 is 19.1 Å². The van der Waals surface area contributed by atoms with E-state index in [4.69, 9.17) is 14.3 Å². The summed E-state index contributed by atoms with van der Waals surface area (Å²) in [5.41, 5.74) is 0. The first kappa shape index (κ1) is 18.4. The molecule has 0 saturated carbocycles. The number of rotatable bonds is 4. The molecule has 2 aromatic rings. The summed E-state index contributed by atoms with van der Waals surface area (Å²) in [7, 11) is 0. The summed E-state index contributed by atoms with van der Waals surface area (Å²) >= 11 is 0. The lowest BCUT2D eigenvalue weighted by atomic mass is 9.97. The number of aryl methyl sites for hydroxylation is 1. The normalized spacial score (nSPS) is 14.4. The van der Waals surface area contributed by atoms with Gasteiger partial charge in [0.15, 0.2) is 5.76 Å². The van der Waals surface area contributed by atoms with Crippen LogP contribution < -0.4 is 10.2 Å². The third-order valence-electron chi connectivity index (χ3n) is 4.00. The Kier molecular flexibility index (Phi) is 6.94. The van der Waals surface area contributed by atoms with E-state index in [1.165, 1.54) is 6.26 Å². The molecule has 3 heterocycles. The summed E-state index contributed by atoms with van der Waals surface area (Å²) in [5.74, 6) is 2.52. The van der Waals surface area contributed by atoms with Crippen LogP contribution in [0.25, 0.3) is 0 Å². The maximum Gasteiger partial charge on any atom is 0.290 e. The van der Waals surface area contributed by atoms with Gasteiger partial charge in [-0.3, -0.25) is 9.59 Å². The molecule has 0 atom stereocenters. The van der Waals surface area contributed by atoms with Gasteiger partial charge in [0.2, 0.25) is 0 Å². The molecule has 1 saturated heterocycles. The van der Waals surface area contributed by atoms with Crippen molar-refractivity contribution >= 4 is 18.2 Å². The van der Waals surface area contributed by atoms with E-state index in [0.717, 1.165) is 37.6 Å². The molecule has 8 heteroatoms. The van der Waals surface area contributed by atoms with E-state index in [9.17, 15) is 4.79 Å². The molecule has 0 aliphatic carbocycles. The maximum atomic E-state index is 11.8. The summed E-state index contributed by atoms with van der Waals surface area (Å²) in [6.07, 6.45) is 5.40. The van der Waals surface area contributed by atoms with Gasteiger partial charge in [-0.25, -0.2) is 9.97 Å². The number of hydrogen-bond acceptors (Lipinski definition) is 6. The number of anilines is 1. The highest BCUT2D eigenvalue weighted by molar-refractivity contribution is 5.91. The average molecular weight is 346 g/mol. The van der Waals surface area contributed by atoms with Crippen molar-refractivity contribution in [2.24, 2.45) is 5.92 Å². The zero-order valence-electron chi connectivity index (χ0n) is 14.1. The molecule has 8 nitrogen and oxygen atoms in total. The van der Waals surface area contributed by atoms with Crippen molar-refractivity contribution in [2.45, 2.75) is 19.8 Å². The minimum Gasteiger partial charge on any atom is -0.483 e. The highest BCUT2D eigenvalue weighted by Crippen LogP contribution is 2.21. The van der Waals surface area contributed by atoms with Gasteiger partial charge in [0.05, 0.1) is 6.26 Å². The van der Waals surface area contributed by atoms with Gasteiger partial charge in [-0.15, -0.1) is 0 Å². The van der Waals surface area contributed by atoms with E-state index >= 15 is 0 Å². The molecule has 0 spiro atoms. The molecule has 0 unspecified atom stereocenters. The third-order valence-corrected chi connectivity index (χ3v) is 4.00. The average Bonchev–Trinajstić information content (AvgIpc) is 3.16. The van der Waals surface area contributed by atoms with Crippen LogP contribution in [0, 0.1) is 12.8 Å². The highest BCUT2D eigenvalue weighted by atomic mass is 16.3. The van der Waals surface area contributed by atoms with E-state index in [1.54, 1.807) is 18.3 Å². The van der Waals surface area contributed by atoms with E-state index in [2.05, 4.69) is 20.2 Å². The van der Waals surface area contributed by atoms with E-state index in [-0.39, 0.29) is 12.4 Å². The Morgan fingerprint density at radius 1 is 1.44 bits per heavy atom. The summed E-state index contributed by atoms with van der Waals surface area (Å²) in [6, 6.07) is 5.35. The molecule has 2 N–H and O–H groups in total. The Morgan fingerprint density at radius 3 is 2.76 bits per heavy atom. The van der Waals surface area contributed by atoms with Gasteiger partial charge in [-0.2, -0.15) is 0 Å². The monoisotopic (exact) mass is 346 g/mol. The van der Waals surface area contributed by atoms with Gasteiger partial charge in [0.1, 0.15) is 11.6 Å². The minimum atomic E-state index is -0.250. The molecule has 1 fully saturated rings. The Labute approximate surface area is 145 Å². The van der Waals surface area contributed by atoms with Crippen molar-refractivity contribution in [3.05, 3.63) is 42.2 Å². The van der Waals surface area contributed by atoms with Crippen molar-refractivity contribution in [3.63, 3.8) is 0 Å². The fraction of sp³-hybridized carbons (Fsp3) is 0.412. The highest BCUT2D eigenvalue weighted by Gasteiger charge is 2.21. The van der Waals surface area contributed by atoms with Crippen LogP contribution in [0.3, 0.4) is 0 Å². The first-order valence-electron chi connectivity index (χ1n) is 8.08. The number of nitrogens with zero attached hydrogens (tertiary/aromatic N) is 3. The molecule has 25 heavy (non-hydrogen) atoms. The second-order valence-corrected chi connectivity index (χ2v) is 5.69. The summed E-state index contributed by atoms with van der Waals surface area (Å²) in [5, 5.41) is 9.83. The summed E-state index contributed by atoms with van der Waals surface area (Å²) < 4.78 is 5.09. The van der Waals surface area contributed by atoms with Gasteiger partial charge >= 0.3 is 0 Å². The number of carbonyl (C=O) groups is 2. The number of piperidine rings is 1. The summed E-state index contributed by atoms with van der Waals surface area (Å²) in [4.78, 5) is 31.1. The van der Waals surface area contributed by atoms with Gasteiger partial charge in [0.25, 0.3) is 12.4 Å². The predicted octanol–water partition coefficient (Wildman–Crippen LogP) is 1.73. The minimum absolute atomic E-state index is 0.140. The van der Waals surface area contributed by atoms with Gasteiger partial charge in [-0.1, -0.05) is 0 Å². The van der Waals surface area contributed by atoms with Gasteiger partial charge < -0.3 is 19.7 Å². The fourth-order valence-electron chi connectivity index (χ4n) is 2.72. The van der Waals surface area contributed by atoms with E-state index < -0.39 is 0 Å². The number of amides is 1. The van der Waals surface area contributed by atoms with Crippen LogP contribution in [0.1, 0.15) is 29.2 Å². The smallest absolute Gasteiger partial charge is 0.290 e. The first-order valence-corrected chi connectivity index (χ1v) is 8.08. The second-order valence-electron chi connectivity index (χ2n) is 5.69.